The van der Waals surface area contributed by atoms with Gasteiger partial charge >= 0.3 is 0 Å². The van der Waals surface area contributed by atoms with Crippen LogP contribution in [0.5, 0.6) is 0 Å². The second-order valence-electron chi connectivity index (χ2n) is 7.39. The molecule has 0 fully saturated rings. The number of fused-ring (bicyclic) bond motifs is 1. The molecule has 8 heteroatoms. The molecule has 1 amide bonds. The van der Waals surface area contributed by atoms with Crippen LogP contribution < -0.4 is 5.56 Å². The lowest BCUT2D eigenvalue weighted by atomic mass is 10.2. The fourth-order valence-electron chi connectivity index (χ4n) is 3.39. The van der Waals surface area contributed by atoms with Crippen LogP contribution in [0, 0.1) is 10.1 Å². The second kappa shape index (κ2) is 9.69. The molecule has 0 saturated heterocycles. The highest BCUT2D eigenvalue weighted by molar-refractivity contribution is 5.91. The monoisotopic (exact) mass is 440 g/mol. The smallest absolute Gasteiger partial charge is 0.269 e. The van der Waals surface area contributed by atoms with Crippen molar-refractivity contribution in [3.05, 3.63) is 122 Å². The number of hydrogen-bond acceptors (Lipinski definition) is 5. The van der Waals surface area contributed by atoms with Gasteiger partial charge < -0.3 is 9.88 Å². The number of para-hydroxylation sites is 1. The molecule has 0 aliphatic carbocycles. The predicted molar refractivity (Wildman–Crippen MR) is 125 cm³/mol. The van der Waals surface area contributed by atoms with Crippen molar-refractivity contribution in [1.29, 1.82) is 0 Å². The molecular weight excluding hydrogens is 420 g/mol. The summed E-state index contributed by atoms with van der Waals surface area (Å²) < 4.78 is 0. The quantitative estimate of drug-likeness (QED) is 0.265. The molecule has 0 unspecified atom stereocenters. The number of non-ortho nitro benzene ring substituents is 1. The maximum atomic E-state index is 13.1. The normalized spacial score (nSPS) is 11.0. The fraction of sp³-hybridized carbons (Fsp3) is 0.0800. The van der Waals surface area contributed by atoms with Gasteiger partial charge in [-0.3, -0.25) is 19.7 Å². The number of aromatic nitrogens is 2. The third-order valence-electron chi connectivity index (χ3n) is 5.05. The van der Waals surface area contributed by atoms with Crippen LogP contribution in [0.3, 0.4) is 0 Å². The number of carbonyl (C=O) groups excluding carboxylic acids is 1. The zero-order chi connectivity index (χ0) is 23.2. The van der Waals surface area contributed by atoms with Crippen molar-refractivity contribution in [1.82, 2.24) is 14.9 Å². The van der Waals surface area contributed by atoms with E-state index in [0.717, 1.165) is 5.56 Å². The minimum absolute atomic E-state index is 0.0180. The van der Waals surface area contributed by atoms with Gasteiger partial charge in [-0.2, -0.15) is 0 Å². The van der Waals surface area contributed by atoms with E-state index in [1.165, 1.54) is 18.2 Å². The number of aromatic amines is 1. The van der Waals surface area contributed by atoms with Crippen LogP contribution in [0.25, 0.3) is 17.0 Å². The Bertz CT molecular complexity index is 1380. The van der Waals surface area contributed by atoms with Crippen LogP contribution in [0.15, 0.2) is 89.7 Å². The first-order chi connectivity index (χ1) is 16.0. The summed E-state index contributed by atoms with van der Waals surface area (Å²) in [5.74, 6) is 0.0970. The molecule has 0 radical (unpaired) electrons. The summed E-state index contributed by atoms with van der Waals surface area (Å²) in [5, 5.41) is 11.3. The molecule has 1 aromatic heterocycles. The van der Waals surface area contributed by atoms with E-state index in [4.69, 9.17) is 0 Å². The summed E-state index contributed by atoms with van der Waals surface area (Å²) in [5.41, 5.74) is 1.87. The number of benzene rings is 3. The Kier molecular flexibility index (Phi) is 6.36. The number of nitrogens with one attached hydrogen (secondary N) is 1. The lowest BCUT2D eigenvalue weighted by Crippen LogP contribution is -2.30. The van der Waals surface area contributed by atoms with Crippen LogP contribution in [0.1, 0.15) is 17.0 Å². The molecule has 0 aliphatic heterocycles. The van der Waals surface area contributed by atoms with Gasteiger partial charge in [0.2, 0.25) is 5.91 Å². The van der Waals surface area contributed by atoms with E-state index in [1.54, 1.807) is 47.4 Å². The van der Waals surface area contributed by atoms with Crippen LogP contribution in [0.4, 0.5) is 5.69 Å². The molecule has 8 nitrogen and oxygen atoms in total. The molecule has 0 spiro atoms. The zero-order valence-electron chi connectivity index (χ0n) is 17.5. The van der Waals surface area contributed by atoms with Crippen LogP contribution in [0.2, 0.25) is 0 Å². The lowest BCUT2D eigenvalue weighted by Gasteiger charge is -2.21. The SMILES string of the molecule is O=C(/C=C/c1ccc([N+](=O)[O-])cc1)N(Cc1ccccc1)Cc1nc2ccccc2c(=O)[nH]1. The maximum Gasteiger partial charge on any atom is 0.269 e. The van der Waals surface area contributed by atoms with Crippen molar-refractivity contribution in [3.8, 4) is 0 Å². The van der Waals surface area contributed by atoms with E-state index in [2.05, 4.69) is 9.97 Å². The Morgan fingerprint density at radius 2 is 1.67 bits per heavy atom. The van der Waals surface area contributed by atoms with E-state index >= 15 is 0 Å². The predicted octanol–water partition coefficient (Wildman–Crippen LogP) is 4.07. The van der Waals surface area contributed by atoms with Gasteiger partial charge in [0.15, 0.2) is 0 Å². The van der Waals surface area contributed by atoms with Crippen LogP contribution in [-0.2, 0) is 17.9 Å². The molecule has 0 aliphatic rings. The molecule has 164 valence electrons. The lowest BCUT2D eigenvalue weighted by molar-refractivity contribution is -0.384. The van der Waals surface area contributed by atoms with Gasteiger partial charge in [0, 0.05) is 24.8 Å². The second-order valence-corrected chi connectivity index (χ2v) is 7.39. The Labute approximate surface area is 189 Å². The molecule has 0 atom stereocenters. The largest absolute Gasteiger partial charge is 0.327 e. The van der Waals surface area contributed by atoms with Crippen molar-refractivity contribution in [2.24, 2.45) is 0 Å². The maximum absolute atomic E-state index is 13.1. The van der Waals surface area contributed by atoms with E-state index in [9.17, 15) is 19.7 Å². The standard InChI is InChI=1S/C25H20N4O4/c30-24(15-12-18-10-13-20(14-11-18)29(32)33)28(16-19-6-2-1-3-7-19)17-23-26-22-9-5-4-8-21(22)25(31)27-23/h1-15H,16-17H2,(H,26,27,31)/b15-12+. The van der Waals surface area contributed by atoms with Gasteiger partial charge in [-0.15, -0.1) is 0 Å². The van der Waals surface area contributed by atoms with Crippen LogP contribution in [-0.4, -0.2) is 25.7 Å². The number of carbonyl (C=O) groups is 1. The topological polar surface area (TPSA) is 109 Å². The number of hydrogen-bond donors (Lipinski definition) is 1. The summed E-state index contributed by atoms with van der Waals surface area (Å²) in [6.07, 6.45) is 3.00. The highest BCUT2D eigenvalue weighted by Crippen LogP contribution is 2.14. The Balaban J connectivity index is 1.59. The van der Waals surface area contributed by atoms with Crippen molar-refractivity contribution >= 4 is 28.6 Å². The summed E-state index contributed by atoms with van der Waals surface area (Å²) in [6.45, 7) is 0.430. The van der Waals surface area contributed by atoms with E-state index in [1.807, 2.05) is 30.3 Å². The number of H-pyrrole nitrogens is 1. The summed E-state index contributed by atoms with van der Waals surface area (Å²) in [6, 6.07) is 22.5. The molecule has 4 rings (SSSR count). The number of amides is 1. The first-order valence-electron chi connectivity index (χ1n) is 10.2. The number of nitrogens with zero attached hydrogens (tertiary/aromatic N) is 3. The van der Waals surface area contributed by atoms with E-state index < -0.39 is 4.92 Å². The minimum Gasteiger partial charge on any atom is -0.327 e. The number of nitro groups is 1. The van der Waals surface area contributed by atoms with Gasteiger partial charge in [0.25, 0.3) is 11.2 Å². The average molecular weight is 440 g/mol. The van der Waals surface area contributed by atoms with Crippen molar-refractivity contribution in [2.45, 2.75) is 13.1 Å². The van der Waals surface area contributed by atoms with E-state index in [-0.39, 0.29) is 23.7 Å². The zero-order valence-corrected chi connectivity index (χ0v) is 17.5. The highest BCUT2D eigenvalue weighted by Gasteiger charge is 2.15. The van der Waals surface area contributed by atoms with Gasteiger partial charge in [0.1, 0.15) is 5.82 Å². The fourth-order valence-corrected chi connectivity index (χ4v) is 3.39. The van der Waals surface area contributed by atoms with Gasteiger partial charge in [0.05, 0.1) is 22.4 Å². The van der Waals surface area contributed by atoms with Crippen molar-refractivity contribution < 1.29 is 9.72 Å². The average Bonchev–Trinajstić information content (AvgIpc) is 2.83. The Morgan fingerprint density at radius 3 is 2.39 bits per heavy atom. The molecule has 3 aromatic carbocycles. The van der Waals surface area contributed by atoms with Gasteiger partial charge in [-0.05, 0) is 41.5 Å². The first-order valence-corrected chi connectivity index (χ1v) is 10.2. The Morgan fingerprint density at radius 1 is 0.970 bits per heavy atom. The molecule has 0 bridgehead atoms. The van der Waals surface area contributed by atoms with Gasteiger partial charge in [-0.25, -0.2) is 4.98 Å². The molecule has 4 aromatic rings. The summed E-state index contributed by atoms with van der Waals surface area (Å²) in [4.78, 5) is 44.7. The molecule has 0 saturated carbocycles. The third-order valence-corrected chi connectivity index (χ3v) is 5.05. The molecule has 1 heterocycles. The van der Waals surface area contributed by atoms with Crippen molar-refractivity contribution in [2.75, 3.05) is 0 Å². The number of rotatable bonds is 7. The molecule has 33 heavy (non-hydrogen) atoms. The summed E-state index contributed by atoms with van der Waals surface area (Å²) in [7, 11) is 0. The highest BCUT2D eigenvalue weighted by atomic mass is 16.6. The summed E-state index contributed by atoms with van der Waals surface area (Å²) >= 11 is 0. The molecular formula is C25H20N4O4. The van der Waals surface area contributed by atoms with Crippen LogP contribution >= 0.6 is 0 Å². The number of nitro benzene ring substituents is 1. The minimum atomic E-state index is -0.475. The first kappa shape index (κ1) is 21.6. The van der Waals surface area contributed by atoms with E-state index in [0.29, 0.717) is 28.8 Å². The van der Waals surface area contributed by atoms with Crippen molar-refractivity contribution in [3.63, 3.8) is 0 Å². The Hall–Kier alpha value is -4.59. The van der Waals surface area contributed by atoms with Gasteiger partial charge in [-0.1, -0.05) is 42.5 Å². The third kappa shape index (κ3) is 5.37. The molecule has 1 N–H and O–H groups in total.